The van der Waals surface area contributed by atoms with E-state index in [1.165, 1.54) is 6.42 Å². The van der Waals surface area contributed by atoms with Crippen molar-refractivity contribution in [3.63, 3.8) is 0 Å². The molecule has 0 saturated carbocycles. The second-order valence-corrected chi connectivity index (χ2v) is 9.97. The average Bonchev–Trinajstić information content (AvgIpc) is 3.31. The Hall–Kier alpha value is -2.76. The molecule has 35 heavy (non-hydrogen) atoms. The van der Waals surface area contributed by atoms with Gasteiger partial charge in [-0.1, -0.05) is 24.3 Å². The van der Waals surface area contributed by atoms with Crippen LogP contribution in [0.2, 0.25) is 0 Å². The monoisotopic (exact) mass is 479 g/mol. The summed E-state index contributed by atoms with van der Waals surface area (Å²) >= 11 is 0. The summed E-state index contributed by atoms with van der Waals surface area (Å²) < 4.78 is 26.1. The Bertz CT molecular complexity index is 1070. The highest BCUT2D eigenvalue weighted by Crippen LogP contribution is 2.37. The minimum absolute atomic E-state index is 0.248. The van der Waals surface area contributed by atoms with Gasteiger partial charge in [0.25, 0.3) is 0 Å². The number of anilines is 1. The Morgan fingerprint density at radius 1 is 1.20 bits per heavy atom. The summed E-state index contributed by atoms with van der Waals surface area (Å²) in [6.45, 7) is 11.1. The number of nitrogens with zero attached hydrogens (tertiary/aromatic N) is 5. The summed E-state index contributed by atoms with van der Waals surface area (Å²) in [5.74, 6) is 1.22. The van der Waals surface area contributed by atoms with Crippen LogP contribution in [-0.4, -0.2) is 60.7 Å². The summed E-state index contributed by atoms with van der Waals surface area (Å²) in [6.07, 6.45) is 4.72. The van der Waals surface area contributed by atoms with E-state index in [9.17, 15) is 4.39 Å². The standard InChI is InChI=1S/C27H34FN5O2/c1-29-15-19-7-5-12-33(16-19)26-23-18-34-25(22-10-4-3-8-20(22)14-28)13-24(23)30-27(31-26)35-17-21-9-6-11-32(21)2/h3-4,8,10,19,21,25H,5-7,9,11-18H2,2H3/t19-,21-,25?/m0/s1. The summed E-state index contributed by atoms with van der Waals surface area (Å²) in [7, 11) is 2.13. The van der Waals surface area contributed by atoms with Gasteiger partial charge in [0.2, 0.25) is 6.54 Å². The van der Waals surface area contributed by atoms with Crippen molar-refractivity contribution in [2.45, 2.75) is 57.5 Å². The van der Waals surface area contributed by atoms with Crippen molar-refractivity contribution >= 4 is 5.82 Å². The zero-order valence-electron chi connectivity index (χ0n) is 20.5. The van der Waals surface area contributed by atoms with Crippen molar-refractivity contribution in [1.29, 1.82) is 0 Å². The first kappa shape index (κ1) is 24.0. The van der Waals surface area contributed by atoms with E-state index in [2.05, 4.69) is 21.7 Å². The largest absolute Gasteiger partial charge is 0.462 e. The van der Waals surface area contributed by atoms with Crippen LogP contribution in [0.25, 0.3) is 4.85 Å². The van der Waals surface area contributed by atoms with Gasteiger partial charge in [-0.05, 0) is 50.4 Å². The number of alkyl halides is 1. The molecule has 2 fully saturated rings. The van der Waals surface area contributed by atoms with Gasteiger partial charge in [0.05, 0.1) is 18.4 Å². The Morgan fingerprint density at radius 2 is 2.06 bits per heavy atom. The number of hydrogen-bond acceptors (Lipinski definition) is 6. The van der Waals surface area contributed by atoms with Crippen molar-refractivity contribution in [3.8, 4) is 6.01 Å². The van der Waals surface area contributed by atoms with Crippen LogP contribution in [0, 0.1) is 12.5 Å². The van der Waals surface area contributed by atoms with Gasteiger partial charge < -0.3 is 24.1 Å². The molecule has 8 heteroatoms. The van der Waals surface area contributed by atoms with Gasteiger partial charge in [0.1, 0.15) is 19.1 Å². The summed E-state index contributed by atoms with van der Waals surface area (Å²) in [6, 6.07) is 8.33. The first-order chi connectivity index (χ1) is 17.2. The lowest BCUT2D eigenvalue weighted by Gasteiger charge is -2.35. The Morgan fingerprint density at radius 3 is 2.86 bits per heavy atom. The highest BCUT2D eigenvalue weighted by atomic mass is 19.1. The second kappa shape index (κ2) is 10.9. The molecule has 5 rings (SSSR count). The summed E-state index contributed by atoms with van der Waals surface area (Å²) in [4.78, 5) is 18.0. The maximum atomic E-state index is 13.7. The zero-order chi connectivity index (χ0) is 24.2. The van der Waals surface area contributed by atoms with Crippen molar-refractivity contribution < 1.29 is 13.9 Å². The molecule has 0 amide bonds. The number of benzene rings is 1. The molecule has 2 aromatic rings. The maximum absolute atomic E-state index is 13.7. The number of hydrogen-bond donors (Lipinski definition) is 0. The van der Waals surface area contributed by atoms with E-state index >= 15 is 0 Å². The highest BCUT2D eigenvalue weighted by molar-refractivity contribution is 5.51. The molecule has 0 spiro atoms. The van der Waals surface area contributed by atoms with Gasteiger partial charge in [-0.3, -0.25) is 0 Å². The molecular formula is C27H34FN5O2. The first-order valence-electron chi connectivity index (χ1n) is 12.7. The van der Waals surface area contributed by atoms with Crippen molar-refractivity contribution in [1.82, 2.24) is 14.9 Å². The van der Waals surface area contributed by atoms with E-state index in [4.69, 9.17) is 26.0 Å². The average molecular weight is 480 g/mol. The van der Waals surface area contributed by atoms with E-state index in [-0.39, 0.29) is 6.10 Å². The lowest BCUT2D eigenvalue weighted by molar-refractivity contribution is 0.0247. The minimum atomic E-state index is -0.516. The maximum Gasteiger partial charge on any atom is 0.318 e. The molecule has 4 heterocycles. The van der Waals surface area contributed by atoms with Gasteiger partial charge in [0.15, 0.2) is 0 Å². The van der Waals surface area contributed by atoms with Gasteiger partial charge in [-0.2, -0.15) is 9.97 Å². The smallest absolute Gasteiger partial charge is 0.318 e. The van der Waals surface area contributed by atoms with E-state index in [0.717, 1.165) is 61.5 Å². The number of likely N-dealkylation sites (tertiary alicyclic amines) is 1. The third-order valence-corrected chi connectivity index (χ3v) is 7.65. The van der Waals surface area contributed by atoms with E-state index in [1.807, 2.05) is 24.3 Å². The number of piperidine rings is 1. The topological polar surface area (TPSA) is 55.1 Å². The molecule has 0 bridgehead atoms. The fourth-order valence-corrected chi connectivity index (χ4v) is 5.62. The number of likely N-dealkylation sites (N-methyl/N-ethyl adjacent to an activating group) is 1. The number of rotatable bonds is 7. The van der Waals surface area contributed by atoms with Crippen LogP contribution in [0.4, 0.5) is 10.2 Å². The van der Waals surface area contributed by atoms with Gasteiger partial charge in [-0.25, -0.2) is 11.0 Å². The van der Waals surface area contributed by atoms with Crippen LogP contribution in [0.3, 0.4) is 0 Å². The van der Waals surface area contributed by atoms with E-state index in [0.29, 0.717) is 49.7 Å². The van der Waals surface area contributed by atoms with Crippen molar-refractivity contribution in [2.75, 3.05) is 44.7 Å². The van der Waals surface area contributed by atoms with Gasteiger partial charge in [0, 0.05) is 37.0 Å². The lowest BCUT2D eigenvalue weighted by atomic mass is 9.94. The number of ether oxygens (including phenoxy) is 2. The quantitative estimate of drug-likeness (QED) is 0.550. The van der Waals surface area contributed by atoms with Gasteiger partial charge >= 0.3 is 6.01 Å². The minimum Gasteiger partial charge on any atom is -0.462 e. The SMILES string of the molecule is [C-]#[N+]C[C@@H]1CCCN(c2nc(OC[C@@H]3CCCN3C)nc3c2COC(c2ccccc2CF)C3)C1. The summed E-state index contributed by atoms with van der Waals surface area (Å²) in [5, 5.41) is 0. The lowest BCUT2D eigenvalue weighted by Crippen LogP contribution is -2.38. The van der Waals surface area contributed by atoms with Crippen molar-refractivity contribution in [2.24, 2.45) is 5.92 Å². The van der Waals surface area contributed by atoms with Gasteiger partial charge in [-0.15, -0.1) is 0 Å². The fraction of sp³-hybridized carbons (Fsp3) is 0.593. The van der Waals surface area contributed by atoms with Crippen LogP contribution in [0.1, 0.15) is 54.2 Å². The van der Waals surface area contributed by atoms with Crippen LogP contribution >= 0.6 is 0 Å². The number of halogens is 1. The van der Waals surface area contributed by atoms with Crippen LogP contribution < -0.4 is 9.64 Å². The third kappa shape index (κ3) is 5.26. The first-order valence-corrected chi connectivity index (χ1v) is 12.7. The molecule has 1 unspecified atom stereocenters. The molecule has 0 radical (unpaired) electrons. The van der Waals surface area contributed by atoms with E-state index in [1.54, 1.807) is 0 Å². The molecular weight excluding hydrogens is 445 g/mol. The van der Waals surface area contributed by atoms with Crippen LogP contribution in [-0.2, 0) is 24.4 Å². The van der Waals surface area contributed by atoms with Crippen LogP contribution in [0.15, 0.2) is 24.3 Å². The Kier molecular flexibility index (Phi) is 7.45. The normalized spacial score (nSPS) is 24.7. The molecule has 2 saturated heterocycles. The van der Waals surface area contributed by atoms with Crippen LogP contribution in [0.5, 0.6) is 6.01 Å². The number of fused-ring (bicyclic) bond motifs is 1. The van der Waals surface area contributed by atoms with E-state index < -0.39 is 6.67 Å². The number of aromatic nitrogens is 2. The van der Waals surface area contributed by atoms with Crippen molar-refractivity contribution in [3.05, 3.63) is 58.1 Å². The second-order valence-electron chi connectivity index (χ2n) is 9.97. The molecule has 7 nitrogen and oxygen atoms in total. The summed E-state index contributed by atoms with van der Waals surface area (Å²) in [5.41, 5.74) is 3.45. The molecule has 3 atom stereocenters. The third-order valence-electron chi connectivity index (χ3n) is 7.65. The molecule has 1 aromatic carbocycles. The molecule has 0 N–H and O–H groups in total. The molecule has 3 aliphatic rings. The molecule has 186 valence electrons. The predicted molar refractivity (Wildman–Crippen MR) is 132 cm³/mol. The Balaban J connectivity index is 1.44. The highest BCUT2D eigenvalue weighted by Gasteiger charge is 2.32. The Labute approximate surface area is 207 Å². The molecule has 3 aliphatic heterocycles. The predicted octanol–water partition coefficient (Wildman–Crippen LogP) is 4.37. The molecule has 0 aliphatic carbocycles. The molecule has 1 aromatic heterocycles. The fourth-order valence-electron chi connectivity index (χ4n) is 5.62. The zero-order valence-corrected chi connectivity index (χ0v) is 20.5.